The molecule has 0 spiro atoms. The molecule has 2 aliphatic rings. The van der Waals surface area contributed by atoms with E-state index in [1.54, 1.807) is 0 Å². The second kappa shape index (κ2) is 5.03. The molecule has 1 saturated carbocycles. The van der Waals surface area contributed by atoms with E-state index in [2.05, 4.69) is 24.1 Å². The van der Waals surface area contributed by atoms with Crippen molar-refractivity contribution in [3.63, 3.8) is 0 Å². The summed E-state index contributed by atoms with van der Waals surface area (Å²) < 4.78 is 0. The van der Waals surface area contributed by atoms with Gasteiger partial charge in [0.2, 0.25) is 0 Å². The van der Waals surface area contributed by atoms with Crippen LogP contribution in [0.25, 0.3) is 0 Å². The molecule has 3 heteroatoms. The molecule has 0 amide bonds. The van der Waals surface area contributed by atoms with Crippen LogP contribution in [0, 0.1) is 0 Å². The molecule has 16 heavy (non-hydrogen) atoms. The molecule has 0 aromatic carbocycles. The summed E-state index contributed by atoms with van der Waals surface area (Å²) in [5.74, 6) is 0. The Morgan fingerprint density at radius 3 is 2.75 bits per heavy atom. The van der Waals surface area contributed by atoms with E-state index in [9.17, 15) is 0 Å². The van der Waals surface area contributed by atoms with Crippen molar-refractivity contribution in [1.29, 1.82) is 0 Å². The van der Waals surface area contributed by atoms with E-state index in [4.69, 9.17) is 5.73 Å². The Hall–Kier alpha value is -0.120. The molecular weight excluding hydrogens is 198 g/mol. The summed E-state index contributed by atoms with van der Waals surface area (Å²) in [7, 11) is 0. The smallest absolute Gasteiger partial charge is 0.0252 e. The van der Waals surface area contributed by atoms with Gasteiger partial charge in [-0.05, 0) is 32.6 Å². The zero-order valence-electron chi connectivity index (χ0n) is 10.8. The molecule has 1 heterocycles. The molecule has 94 valence electrons. The van der Waals surface area contributed by atoms with Gasteiger partial charge in [-0.1, -0.05) is 13.3 Å². The Kier molecular flexibility index (Phi) is 3.88. The highest BCUT2D eigenvalue weighted by Crippen LogP contribution is 2.29. The lowest BCUT2D eigenvalue weighted by Gasteiger charge is -2.26. The topological polar surface area (TPSA) is 41.3 Å². The lowest BCUT2D eigenvalue weighted by molar-refractivity contribution is 0.309. The third-order valence-corrected chi connectivity index (χ3v) is 3.90. The van der Waals surface area contributed by atoms with Crippen LogP contribution in [0.15, 0.2) is 0 Å². The average Bonchev–Trinajstić information content (AvgIpc) is 2.95. The summed E-state index contributed by atoms with van der Waals surface area (Å²) in [6.45, 7) is 7.86. The quantitative estimate of drug-likeness (QED) is 0.716. The molecule has 2 unspecified atom stereocenters. The Labute approximate surface area is 99.8 Å². The van der Waals surface area contributed by atoms with Crippen LogP contribution in [-0.4, -0.2) is 42.2 Å². The van der Waals surface area contributed by atoms with Crippen LogP contribution in [0.2, 0.25) is 0 Å². The molecule has 0 aromatic heterocycles. The van der Waals surface area contributed by atoms with Gasteiger partial charge in [-0.15, -0.1) is 0 Å². The highest BCUT2D eigenvalue weighted by molar-refractivity contribution is 4.93. The predicted octanol–water partition coefficient (Wildman–Crippen LogP) is 1.33. The molecule has 1 aliphatic heterocycles. The van der Waals surface area contributed by atoms with E-state index in [1.807, 2.05) is 0 Å². The lowest BCUT2D eigenvalue weighted by atomic mass is 9.97. The van der Waals surface area contributed by atoms with Crippen molar-refractivity contribution in [3.05, 3.63) is 0 Å². The zero-order chi connectivity index (χ0) is 11.6. The summed E-state index contributed by atoms with van der Waals surface area (Å²) in [6, 6.07) is 1.60. The van der Waals surface area contributed by atoms with E-state index >= 15 is 0 Å². The molecule has 3 N–H and O–H groups in total. The van der Waals surface area contributed by atoms with E-state index in [0.29, 0.717) is 6.04 Å². The van der Waals surface area contributed by atoms with Crippen molar-refractivity contribution in [2.24, 2.45) is 5.73 Å². The fourth-order valence-electron chi connectivity index (χ4n) is 2.76. The molecule has 3 nitrogen and oxygen atoms in total. The first kappa shape index (κ1) is 12.3. The van der Waals surface area contributed by atoms with Crippen molar-refractivity contribution in [3.8, 4) is 0 Å². The number of nitrogens with two attached hydrogens (primary N) is 1. The fraction of sp³-hybridized carbons (Fsp3) is 1.00. The van der Waals surface area contributed by atoms with Crippen LogP contribution in [0.1, 0.15) is 46.0 Å². The minimum Gasteiger partial charge on any atom is -0.324 e. The van der Waals surface area contributed by atoms with Gasteiger partial charge in [0.25, 0.3) is 0 Å². The highest BCUT2D eigenvalue weighted by atomic mass is 15.2. The van der Waals surface area contributed by atoms with Gasteiger partial charge in [0.1, 0.15) is 0 Å². The summed E-state index contributed by atoms with van der Waals surface area (Å²) in [4.78, 5) is 2.64. The van der Waals surface area contributed by atoms with Crippen LogP contribution in [0.5, 0.6) is 0 Å². The first-order valence-electron chi connectivity index (χ1n) is 6.87. The number of hydrogen-bond acceptors (Lipinski definition) is 3. The van der Waals surface area contributed by atoms with Crippen molar-refractivity contribution in [2.75, 3.05) is 19.6 Å². The predicted molar refractivity (Wildman–Crippen MR) is 68.5 cm³/mol. The zero-order valence-corrected chi connectivity index (χ0v) is 10.8. The maximum absolute atomic E-state index is 6.24. The van der Waals surface area contributed by atoms with Crippen LogP contribution in [0.3, 0.4) is 0 Å². The van der Waals surface area contributed by atoms with Crippen LogP contribution in [-0.2, 0) is 0 Å². The highest BCUT2D eigenvalue weighted by Gasteiger charge is 2.34. The van der Waals surface area contributed by atoms with E-state index in [-0.39, 0.29) is 5.54 Å². The minimum absolute atomic E-state index is 0.0260. The normalized spacial score (nSPS) is 30.6. The second-order valence-electron chi connectivity index (χ2n) is 6.00. The second-order valence-corrected chi connectivity index (χ2v) is 6.00. The minimum atomic E-state index is -0.0260. The summed E-state index contributed by atoms with van der Waals surface area (Å²) >= 11 is 0. The van der Waals surface area contributed by atoms with Crippen molar-refractivity contribution < 1.29 is 0 Å². The van der Waals surface area contributed by atoms with Gasteiger partial charge >= 0.3 is 0 Å². The van der Waals surface area contributed by atoms with Gasteiger partial charge in [0.05, 0.1) is 0 Å². The van der Waals surface area contributed by atoms with Crippen molar-refractivity contribution in [1.82, 2.24) is 10.2 Å². The summed E-state index contributed by atoms with van der Waals surface area (Å²) in [6.07, 6.45) is 6.44. The van der Waals surface area contributed by atoms with Crippen molar-refractivity contribution in [2.45, 2.75) is 63.6 Å². The maximum Gasteiger partial charge on any atom is 0.0252 e. The third-order valence-electron chi connectivity index (χ3n) is 3.90. The first-order chi connectivity index (χ1) is 7.61. The summed E-state index contributed by atoms with van der Waals surface area (Å²) in [5, 5.41) is 3.65. The van der Waals surface area contributed by atoms with Gasteiger partial charge in [0.15, 0.2) is 0 Å². The molecule has 2 fully saturated rings. The Morgan fingerprint density at radius 2 is 2.12 bits per heavy atom. The van der Waals surface area contributed by atoms with Gasteiger partial charge in [-0.2, -0.15) is 0 Å². The lowest BCUT2D eigenvalue weighted by Crippen LogP contribution is -2.49. The van der Waals surface area contributed by atoms with Gasteiger partial charge in [-0.25, -0.2) is 0 Å². The SMILES string of the molecule is CCCC(C)(N)CNC1CCN(C2CC2)C1. The van der Waals surface area contributed by atoms with Crippen LogP contribution in [0.4, 0.5) is 0 Å². The third kappa shape index (κ3) is 3.44. The molecule has 2 rings (SSSR count). The van der Waals surface area contributed by atoms with Crippen LogP contribution >= 0.6 is 0 Å². The van der Waals surface area contributed by atoms with E-state index in [1.165, 1.54) is 38.8 Å². The Morgan fingerprint density at radius 1 is 1.38 bits per heavy atom. The van der Waals surface area contributed by atoms with Gasteiger partial charge in [0, 0.05) is 37.3 Å². The maximum atomic E-state index is 6.24. The molecule has 0 bridgehead atoms. The Balaban J connectivity index is 1.66. The summed E-state index contributed by atoms with van der Waals surface area (Å²) in [5.41, 5.74) is 6.21. The number of rotatable bonds is 6. The fourth-order valence-corrected chi connectivity index (χ4v) is 2.76. The first-order valence-corrected chi connectivity index (χ1v) is 6.87. The number of nitrogens with zero attached hydrogens (tertiary/aromatic N) is 1. The molecule has 2 atom stereocenters. The monoisotopic (exact) mass is 225 g/mol. The number of nitrogens with one attached hydrogen (secondary N) is 1. The van der Waals surface area contributed by atoms with E-state index < -0.39 is 0 Å². The Bertz CT molecular complexity index is 223. The van der Waals surface area contributed by atoms with E-state index in [0.717, 1.165) is 19.0 Å². The van der Waals surface area contributed by atoms with Crippen LogP contribution < -0.4 is 11.1 Å². The van der Waals surface area contributed by atoms with Gasteiger partial charge in [-0.3, -0.25) is 4.90 Å². The number of likely N-dealkylation sites (tertiary alicyclic amines) is 1. The molecule has 0 radical (unpaired) electrons. The molecule has 0 aromatic rings. The largest absolute Gasteiger partial charge is 0.324 e. The van der Waals surface area contributed by atoms with Gasteiger partial charge < -0.3 is 11.1 Å². The molecular formula is C13H27N3. The molecule has 1 aliphatic carbocycles. The average molecular weight is 225 g/mol. The number of hydrogen-bond donors (Lipinski definition) is 2. The molecule has 1 saturated heterocycles. The standard InChI is InChI=1S/C13H27N3/c1-3-7-13(2,14)10-15-11-6-8-16(9-11)12-4-5-12/h11-12,15H,3-10,14H2,1-2H3. The van der Waals surface area contributed by atoms with Crippen molar-refractivity contribution >= 4 is 0 Å².